The smallest absolute Gasteiger partial charge is 0.276 e. The molecule has 4 aromatic rings. The van der Waals surface area contributed by atoms with Gasteiger partial charge in [0.15, 0.2) is 11.3 Å². The lowest BCUT2D eigenvalue weighted by molar-refractivity contribution is 0.0703. The lowest BCUT2D eigenvalue weighted by Gasteiger charge is -2.31. The van der Waals surface area contributed by atoms with Crippen molar-refractivity contribution in [1.29, 1.82) is 0 Å². The van der Waals surface area contributed by atoms with Crippen LogP contribution in [-0.2, 0) is 0 Å². The number of fused-ring (bicyclic) bond motifs is 1. The van der Waals surface area contributed by atoms with Gasteiger partial charge in [0.1, 0.15) is 11.4 Å². The Kier molecular flexibility index (Phi) is 6.76. The highest BCUT2D eigenvalue weighted by molar-refractivity contribution is 7.10. The molecule has 0 bridgehead atoms. The van der Waals surface area contributed by atoms with Crippen molar-refractivity contribution in [3.8, 4) is 5.75 Å². The molecule has 3 N–H and O–H groups in total. The molecule has 4 heterocycles. The summed E-state index contributed by atoms with van der Waals surface area (Å²) in [6.45, 7) is 4.76. The quantitative estimate of drug-likeness (QED) is 0.382. The number of rotatable bonds is 6. The first kappa shape index (κ1) is 25.3. The van der Waals surface area contributed by atoms with Gasteiger partial charge in [-0.3, -0.25) is 14.4 Å². The first-order chi connectivity index (χ1) is 18.2. The fourth-order valence-electron chi connectivity index (χ4n) is 4.48. The number of amides is 3. The van der Waals surface area contributed by atoms with Crippen LogP contribution < -0.4 is 15.8 Å². The third kappa shape index (κ3) is 4.79. The monoisotopic (exact) mass is 534 g/mol. The average molecular weight is 535 g/mol. The van der Waals surface area contributed by atoms with E-state index in [1.807, 2.05) is 19.9 Å². The molecule has 0 radical (unpaired) electrons. The number of nitrogens with zero attached hydrogens (tertiary/aromatic N) is 6. The van der Waals surface area contributed by atoms with Crippen LogP contribution in [0.1, 0.15) is 66.5 Å². The van der Waals surface area contributed by atoms with Gasteiger partial charge in [-0.05, 0) is 44.9 Å². The third-order valence-electron chi connectivity index (χ3n) is 6.55. The van der Waals surface area contributed by atoms with Crippen molar-refractivity contribution in [3.63, 3.8) is 0 Å². The average Bonchev–Trinajstić information content (AvgIpc) is 3.56. The minimum Gasteiger partial charge on any atom is -0.495 e. The lowest BCUT2D eigenvalue weighted by atomic mass is 9.97. The number of hydrogen-bond acceptors (Lipinski definition) is 9. The van der Waals surface area contributed by atoms with Gasteiger partial charge in [-0.1, -0.05) is 0 Å². The number of piperidine rings is 1. The van der Waals surface area contributed by atoms with Gasteiger partial charge in [-0.2, -0.15) is 5.10 Å². The van der Waals surface area contributed by atoms with Crippen molar-refractivity contribution in [2.75, 3.05) is 25.5 Å². The van der Waals surface area contributed by atoms with Crippen LogP contribution in [-0.4, -0.2) is 67.6 Å². The van der Waals surface area contributed by atoms with E-state index in [9.17, 15) is 14.4 Å². The van der Waals surface area contributed by atoms with Crippen LogP contribution in [0.3, 0.4) is 0 Å². The second kappa shape index (κ2) is 10.2. The molecule has 1 fully saturated rings. The number of aromatic nitrogens is 5. The van der Waals surface area contributed by atoms with Crippen molar-refractivity contribution in [3.05, 3.63) is 63.0 Å². The van der Waals surface area contributed by atoms with Crippen molar-refractivity contribution in [2.24, 2.45) is 5.73 Å². The molecule has 12 nitrogen and oxygen atoms in total. The molecule has 1 aromatic carbocycles. The van der Waals surface area contributed by atoms with E-state index in [0.717, 1.165) is 10.7 Å². The molecule has 0 saturated carbocycles. The molecule has 13 heteroatoms. The predicted molar refractivity (Wildman–Crippen MR) is 140 cm³/mol. The summed E-state index contributed by atoms with van der Waals surface area (Å²) in [5.74, 6) is -0.671. The van der Waals surface area contributed by atoms with Crippen LogP contribution in [0, 0.1) is 13.8 Å². The van der Waals surface area contributed by atoms with Gasteiger partial charge in [-0.25, -0.2) is 9.50 Å². The highest BCUT2D eigenvalue weighted by atomic mass is 32.1. The minimum absolute atomic E-state index is 0.127. The fraction of sp³-hybridized carbons (Fsp3) is 0.320. The normalized spacial score (nSPS) is 14.0. The maximum absolute atomic E-state index is 13.2. The summed E-state index contributed by atoms with van der Waals surface area (Å²) in [5, 5.41) is 18.0. The zero-order chi connectivity index (χ0) is 27.0. The van der Waals surface area contributed by atoms with Gasteiger partial charge >= 0.3 is 0 Å². The van der Waals surface area contributed by atoms with Crippen LogP contribution in [0.5, 0.6) is 5.75 Å². The number of nitrogens with one attached hydrogen (secondary N) is 1. The molecule has 0 unspecified atom stereocenters. The van der Waals surface area contributed by atoms with Crippen molar-refractivity contribution < 1.29 is 19.1 Å². The highest BCUT2D eigenvalue weighted by Gasteiger charge is 2.29. The van der Waals surface area contributed by atoms with Gasteiger partial charge < -0.3 is 20.7 Å². The van der Waals surface area contributed by atoms with Crippen LogP contribution in [0.4, 0.5) is 5.69 Å². The molecule has 3 aromatic heterocycles. The second-order valence-corrected chi connectivity index (χ2v) is 9.95. The number of ether oxygens (including phenoxy) is 1. The number of methoxy groups -OCH3 is 1. The fourth-order valence-corrected chi connectivity index (χ4v) is 5.45. The number of nitrogens with two attached hydrogens (primary N) is 1. The van der Waals surface area contributed by atoms with Gasteiger partial charge in [0.05, 0.1) is 29.2 Å². The summed E-state index contributed by atoms with van der Waals surface area (Å²) in [6.07, 6.45) is 1.43. The first-order valence-corrected chi connectivity index (χ1v) is 12.9. The van der Waals surface area contributed by atoms with E-state index in [2.05, 4.69) is 25.6 Å². The van der Waals surface area contributed by atoms with Gasteiger partial charge in [0.2, 0.25) is 5.91 Å². The molecule has 0 aliphatic carbocycles. The predicted octanol–water partition coefficient (Wildman–Crippen LogP) is 2.58. The Labute approximate surface area is 221 Å². The molecule has 1 aliphatic heterocycles. The van der Waals surface area contributed by atoms with E-state index in [1.54, 1.807) is 20.9 Å². The first-order valence-electron chi connectivity index (χ1n) is 12.0. The summed E-state index contributed by atoms with van der Waals surface area (Å²) in [4.78, 5) is 43.9. The number of likely N-dealkylation sites (tertiary alicyclic amines) is 1. The van der Waals surface area contributed by atoms with Crippen molar-refractivity contribution in [1.82, 2.24) is 29.7 Å². The Morgan fingerprint density at radius 2 is 1.89 bits per heavy atom. The Balaban J connectivity index is 1.24. The lowest BCUT2D eigenvalue weighted by Crippen LogP contribution is -2.39. The molecule has 1 saturated heterocycles. The molecule has 1 aliphatic rings. The van der Waals surface area contributed by atoms with Crippen LogP contribution >= 0.6 is 11.3 Å². The highest BCUT2D eigenvalue weighted by Crippen LogP contribution is 2.32. The molecule has 3 amide bonds. The summed E-state index contributed by atoms with van der Waals surface area (Å²) >= 11 is 1.41. The molecular formula is C25H26N8O4S. The molecule has 196 valence electrons. The zero-order valence-electron chi connectivity index (χ0n) is 21.1. The number of hydrogen-bond donors (Lipinski definition) is 2. The Bertz CT molecular complexity index is 1550. The van der Waals surface area contributed by atoms with E-state index < -0.39 is 11.8 Å². The summed E-state index contributed by atoms with van der Waals surface area (Å²) < 4.78 is 6.92. The van der Waals surface area contributed by atoms with Gasteiger partial charge in [-0.15, -0.1) is 21.5 Å². The van der Waals surface area contributed by atoms with Gasteiger partial charge in [0.25, 0.3) is 11.8 Å². The van der Waals surface area contributed by atoms with Crippen molar-refractivity contribution in [2.45, 2.75) is 32.6 Å². The van der Waals surface area contributed by atoms with Crippen LogP contribution in [0.15, 0.2) is 29.6 Å². The molecule has 0 spiro atoms. The Morgan fingerprint density at radius 3 is 2.61 bits per heavy atom. The summed E-state index contributed by atoms with van der Waals surface area (Å²) in [5.41, 5.74) is 8.57. The van der Waals surface area contributed by atoms with Crippen LogP contribution in [0.25, 0.3) is 5.65 Å². The van der Waals surface area contributed by atoms with Crippen LogP contribution in [0.2, 0.25) is 0 Å². The Morgan fingerprint density at radius 1 is 1.13 bits per heavy atom. The number of aryl methyl sites for hydroxylation is 2. The van der Waals surface area contributed by atoms with E-state index in [1.165, 1.54) is 30.6 Å². The van der Waals surface area contributed by atoms with E-state index >= 15 is 0 Å². The van der Waals surface area contributed by atoms with Gasteiger partial charge in [0, 0.05) is 36.0 Å². The zero-order valence-corrected chi connectivity index (χ0v) is 21.9. The van der Waals surface area contributed by atoms with E-state index in [4.69, 9.17) is 10.5 Å². The van der Waals surface area contributed by atoms with E-state index in [-0.39, 0.29) is 23.1 Å². The molecule has 5 rings (SSSR count). The standard InChI is InChI=1S/C25H26N8O4S/c1-13-10-20-29-30-21(14(2)33(20)31-13)25(36)32-8-6-15(7-9-32)24-28-18(12-38-24)23(35)27-17-11-16(22(26)34)4-5-19(17)37-3/h4-5,10-12,15H,6-9H2,1-3H3,(H2,26,34)(H,27,35). The topological polar surface area (TPSA) is 158 Å². The van der Waals surface area contributed by atoms with E-state index in [0.29, 0.717) is 54.4 Å². The SMILES string of the molecule is COc1ccc(C(N)=O)cc1NC(=O)c1csc(C2CCN(C(=O)c3nnc4cc(C)nn4c3C)CC2)n1. The number of carbonyl (C=O) groups is 3. The summed E-state index contributed by atoms with van der Waals surface area (Å²) in [7, 11) is 1.47. The number of thiazole rings is 1. The number of benzene rings is 1. The maximum Gasteiger partial charge on any atom is 0.276 e. The number of primary amides is 1. The van der Waals surface area contributed by atoms with Crippen molar-refractivity contribution >= 4 is 40.4 Å². The Hall–Kier alpha value is -4.39. The molecule has 0 atom stereocenters. The summed E-state index contributed by atoms with van der Waals surface area (Å²) in [6, 6.07) is 6.38. The third-order valence-corrected chi connectivity index (χ3v) is 7.55. The maximum atomic E-state index is 13.2. The largest absolute Gasteiger partial charge is 0.495 e. The molecule has 38 heavy (non-hydrogen) atoms. The number of anilines is 1. The second-order valence-electron chi connectivity index (χ2n) is 9.06. The minimum atomic E-state index is -0.608. The molecular weight excluding hydrogens is 508 g/mol. The number of carbonyl (C=O) groups excluding carboxylic acids is 3.